The van der Waals surface area contributed by atoms with Crippen molar-refractivity contribution in [2.24, 2.45) is 5.10 Å². The fourth-order valence-corrected chi connectivity index (χ4v) is 4.00. The molecule has 0 saturated heterocycles. The highest BCUT2D eigenvalue weighted by molar-refractivity contribution is 7.89. The van der Waals surface area contributed by atoms with Gasteiger partial charge in [0.15, 0.2) is 5.58 Å². The minimum absolute atomic E-state index is 0.0867. The van der Waals surface area contributed by atoms with Gasteiger partial charge in [0.05, 0.1) is 16.6 Å². The molecular formula is C22H27N3O5S. The van der Waals surface area contributed by atoms with E-state index in [1.54, 1.807) is 12.1 Å². The molecule has 0 spiro atoms. The van der Waals surface area contributed by atoms with E-state index in [0.29, 0.717) is 11.1 Å². The van der Waals surface area contributed by atoms with Crippen molar-refractivity contribution < 1.29 is 17.9 Å². The van der Waals surface area contributed by atoms with E-state index in [4.69, 9.17) is 4.42 Å². The number of benzene rings is 2. The fourth-order valence-electron chi connectivity index (χ4n) is 3.19. The third kappa shape index (κ3) is 4.82. The molecule has 3 N–H and O–H groups in total. The number of hydrogen-bond acceptors (Lipinski definition) is 6. The molecule has 0 aliphatic rings. The second kappa shape index (κ2) is 7.56. The minimum atomic E-state index is -3.97. The smallest absolute Gasteiger partial charge is 0.417 e. The molecule has 9 heteroatoms. The zero-order valence-electron chi connectivity index (χ0n) is 18.4. The summed E-state index contributed by atoms with van der Waals surface area (Å²) in [6.45, 7) is 12.0. The summed E-state index contributed by atoms with van der Waals surface area (Å²) < 4.78 is 30.1. The van der Waals surface area contributed by atoms with Crippen LogP contribution in [0.15, 0.2) is 49.5 Å². The van der Waals surface area contributed by atoms with Gasteiger partial charge in [-0.25, -0.2) is 9.63 Å². The molecule has 0 atom stereocenters. The van der Waals surface area contributed by atoms with Crippen LogP contribution in [0, 0.1) is 0 Å². The highest BCUT2D eigenvalue weighted by atomic mass is 32.2. The number of nitrogens with one attached hydrogen (secondary N) is 2. The third-order valence-electron chi connectivity index (χ3n) is 4.84. The van der Waals surface area contributed by atoms with Crippen molar-refractivity contribution in [2.75, 3.05) is 0 Å². The van der Waals surface area contributed by atoms with Crippen molar-refractivity contribution in [3.63, 3.8) is 0 Å². The van der Waals surface area contributed by atoms with Gasteiger partial charge in [-0.1, -0.05) is 41.5 Å². The van der Waals surface area contributed by atoms with Crippen LogP contribution < -0.4 is 10.6 Å². The summed E-state index contributed by atoms with van der Waals surface area (Å²) in [4.78, 5) is 15.8. The molecule has 0 fully saturated rings. The van der Waals surface area contributed by atoms with Gasteiger partial charge in [0.25, 0.3) is 10.0 Å². The van der Waals surface area contributed by atoms with Crippen molar-refractivity contribution in [1.82, 2.24) is 9.82 Å². The molecule has 0 bridgehead atoms. The molecule has 3 aromatic rings. The Hall–Kier alpha value is -3.07. The highest BCUT2D eigenvalue weighted by Gasteiger charge is 2.26. The van der Waals surface area contributed by atoms with Gasteiger partial charge in [0.2, 0.25) is 0 Å². The average Bonchev–Trinajstić information content (AvgIpc) is 3.00. The van der Waals surface area contributed by atoms with Crippen LogP contribution in [-0.4, -0.2) is 24.7 Å². The zero-order chi connectivity index (χ0) is 23.2. The quantitative estimate of drug-likeness (QED) is 0.417. The molecule has 1 heterocycles. The number of phenolic OH excluding ortho intramolecular Hbond substituents is 1. The summed E-state index contributed by atoms with van der Waals surface area (Å²) in [6, 6.07) is 7.64. The predicted octanol–water partition coefficient (Wildman–Crippen LogP) is 3.73. The van der Waals surface area contributed by atoms with Crippen molar-refractivity contribution in [2.45, 2.75) is 57.3 Å². The molecular weight excluding hydrogens is 418 g/mol. The van der Waals surface area contributed by atoms with Crippen LogP contribution >= 0.6 is 0 Å². The number of hydrazone groups is 1. The molecule has 0 unspecified atom stereocenters. The molecule has 0 aliphatic heterocycles. The lowest BCUT2D eigenvalue weighted by atomic mass is 9.78. The summed E-state index contributed by atoms with van der Waals surface area (Å²) >= 11 is 0. The number of hydrogen-bond donors (Lipinski definition) is 3. The lowest BCUT2D eigenvalue weighted by Gasteiger charge is -2.27. The largest absolute Gasteiger partial charge is 0.507 e. The first kappa shape index (κ1) is 22.6. The second-order valence-corrected chi connectivity index (χ2v) is 11.2. The van der Waals surface area contributed by atoms with Gasteiger partial charge < -0.3 is 9.52 Å². The first-order valence-electron chi connectivity index (χ1n) is 9.74. The number of aromatic hydroxyl groups is 1. The van der Waals surface area contributed by atoms with Crippen LogP contribution in [-0.2, 0) is 20.9 Å². The van der Waals surface area contributed by atoms with Crippen LogP contribution in [0.5, 0.6) is 5.75 Å². The van der Waals surface area contributed by atoms with Gasteiger partial charge in [-0.3, -0.25) is 4.98 Å². The highest BCUT2D eigenvalue weighted by Crippen LogP contribution is 2.39. The zero-order valence-corrected chi connectivity index (χ0v) is 19.2. The van der Waals surface area contributed by atoms with Crippen LogP contribution in [0.4, 0.5) is 0 Å². The number of fused-ring (bicyclic) bond motifs is 1. The Balaban J connectivity index is 1.94. The first-order valence-corrected chi connectivity index (χ1v) is 11.2. The summed E-state index contributed by atoms with van der Waals surface area (Å²) in [5, 5.41) is 14.7. The van der Waals surface area contributed by atoms with Crippen molar-refractivity contribution >= 4 is 27.3 Å². The summed E-state index contributed by atoms with van der Waals surface area (Å²) in [5.41, 5.74) is 2.06. The van der Waals surface area contributed by atoms with E-state index >= 15 is 0 Å². The number of nitrogens with zero attached hydrogens (tertiary/aromatic N) is 1. The number of H-pyrrole nitrogens is 1. The topological polar surface area (TPSA) is 125 Å². The summed E-state index contributed by atoms with van der Waals surface area (Å²) in [7, 11) is -3.97. The molecule has 1 aromatic heterocycles. The molecule has 31 heavy (non-hydrogen) atoms. The molecule has 0 radical (unpaired) electrons. The van der Waals surface area contributed by atoms with Crippen molar-refractivity contribution in [3.05, 3.63) is 57.6 Å². The van der Waals surface area contributed by atoms with E-state index in [9.17, 15) is 18.3 Å². The number of phenols is 1. The number of aromatic nitrogens is 1. The molecule has 0 amide bonds. The number of sulfonamides is 1. The normalized spacial score (nSPS) is 13.2. The molecule has 2 aromatic carbocycles. The van der Waals surface area contributed by atoms with Crippen LogP contribution in [0.3, 0.4) is 0 Å². The lowest BCUT2D eigenvalue weighted by Crippen LogP contribution is -2.19. The lowest BCUT2D eigenvalue weighted by molar-refractivity contribution is 0.423. The summed E-state index contributed by atoms with van der Waals surface area (Å²) in [5.74, 6) is -0.425. The minimum Gasteiger partial charge on any atom is -0.507 e. The Morgan fingerprint density at radius 2 is 1.61 bits per heavy atom. The van der Waals surface area contributed by atoms with Crippen molar-refractivity contribution in [1.29, 1.82) is 0 Å². The van der Waals surface area contributed by atoms with Gasteiger partial charge in [-0.2, -0.15) is 13.5 Å². The number of aromatic amines is 1. The molecule has 8 nitrogen and oxygen atoms in total. The maximum Gasteiger partial charge on any atom is 0.417 e. The Labute approximate surface area is 181 Å². The Morgan fingerprint density at radius 3 is 2.16 bits per heavy atom. The van der Waals surface area contributed by atoms with E-state index in [1.807, 2.05) is 41.5 Å². The number of oxazole rings is 1. The standard InChI is InChI=1S/C22H27N3O5S/c1-21(2,3)15-9-13(10-16(19(15)26)22(4,5)6)12-23-25-31(28,29)14-7-8-17-18(11-14)30-20(27)24-17/h7-12,25-26H,1-6H3,(H,24,27)/b23-12+. The fraction of sp³-hybridized carbons (Fsp3) is 0.364. The van der Waals surface area contributed by atoms with E-state index in [-0.39, 0.29) is 27.1 Å². The van der Waals surface area contributed by atoms with Gasteiger partial charge in [-0.05, 0) is 40.7 Å². The Morgan fingerprint density at radius 1 is 1.03 bits per heavy atom. The maximum atomic E-state index is 12.6. The Bertz CT molecular complexity index is 1280. The molecule has 0 aliphatic carbocycles. The van der Waals surface area contributed by atoms with Crippen LogP contribution in [0.25, 0.3) is 11.1 Å². The monoisotopic (exact) mass is 445 g/mol. The second-order valence-electron chi connectivity index (χ2n) is 9.49. The van der Waals surface area contributed by atoms with Crippen LogP contribution in [0.1, 0.15) is 58.2 Å². The molecule has 3 rings (SSSR count). The first-order chi connectivity index (χ1) is 14.2. The third-order valence-corrected chi connectivity index (χ3v) is 6.06. The van der Waals surface area contributed by atoms with Crippen LogP contribution in [0.2, 0.25) is 0 Å². The van der Waals surface area contributed by atoms with Gasteiger partial charge in [0, 0.05) is 17.2 Å². The van der Waals surface area contributed by atoms with E-state index in [1.165, 1.54) is 24.4 Å². The number of rotatable bonds is 4. The summed E-state index contributed by atoms with van der Waals surface area (Å²) in [6.07, 6.45) is 1.40. The Kier molecular flexibility index (Phi) is 5.52. The van der Waals surface area contributed by atoms with Gasteiger partial charge >= 0.3 is 5.76 Å². The SMILES string of the molecule is CC(C)(C)c1cc(/C=N/NS(=O)(=O)c2ccc3[nH]c(=O)oc3c2)cc(C(C)(C)C)c1O. The van der Waals surface area contributed by atoms with Crippen molar-refractivity contribution in [3.8, 4) is 5.75 Å². The molecule has 166 valence electrons. The van der Waals surface area contributed by atoms with E-state index in [0.717, 1.165) is 11.1 Å². The predicted molar refractivity (Wildman–Crippen MR) is 120 cm³/mol. The average molecular weight is 446 g/mol. The van der Waals surface area contributed by atoms with Gasteiger partial charge in [-0.15, -0.1) is 0 Å². The van der Waals surface area contributed by atoms with E-state index in [2.05, 4.69) is 14.9 Å². The van der Waals surface area contributed by atoms with E-state index < -0.39 is 15.8 Å². The maximum absolute atomic E-state index is 12.6. The van der Waals surface area contributed by atoms with Gasteiger partial charge in [0.1, 0.15) is 5.75 Å². The molecule has 0 saturated carbocycles.